The van der Waals surface area contributed by atoms with Gasteiger partial charge in [0, 0.05) is 11.8 Å². The van der Waals surface area contributed by atoms with Crippen molar-refractivity contribution < 1.29 is 18.7 Å². The second kappa shape index (κ2) is 9.14. The summed E-state index contributed by atoms with van der Waals surface area (Å²) in [7, 11) is 0. The molecule has 0 spiro atoms. The zero-order valence-electron chi connectivity index (χ0n) is 14.8. The predicted octanol–water partition coefficient (Wildman–Crippen LogP) is 4.32. The van der Waals surface area contributed by atoms with Gasteiger partial charge < -0.3 is 10.8 Å². The Morgan fingerprint density at radius 1 is 1.04 bits per heavy atom. The minimum absolute atomic E-state index is 0.134. The molecule has 0 aliphatic heterocycles. The molecule has 0 fully saturated rings. The summed E-state index contributed by atoms with van der Waals surface area (Å²) in [5, 5.41) is 8.62. The van der Waals surface area contributed by atoms with Crippen LogP contribution in [0.15, 0.2) is 36.4 Å². The average Bonchev–Trinajstić information content (AvgIpc) is 2.60. The zero-order chi connectivity index (χ0) is 19.3. The molecule has 0 saturated carbocycles. The number of benzene rings is 2. The van der Waals surface area contributed by atoms with Gasteiger partial charge in [0.05, 0.1) is 5.25 Å². The quantitative estimate of drug-likeness (QED) is 0.717. The van der Waals surface area contributed by atoms with Gasteiger partial charge in [0.2, 0.25) is 0 Å². The Bertz CT molecular complexity index is 762. The van der Waals surface area contributed by atoms with Gasteiger partial charge in [0.25, 0.3) is 0 Å². The molecule has 0 bridgehead atoms. The number of rotatable bonds is 8. The number of halogens is 2. The SMILES string of the molecule is CCc1ccc(C(SCC(N)C(=O)O)c2cc(F)cc(F)c2)cc1CC. The monoisotopic (exact) mass is 379 g/mol. The van der Waals surface area contributed by atoms with Gasteiger partial charge in [-0.25, -0.2) is 8.78 Å². The molecule has 2 aromatic rings. The van der Waals surface area contributed by atoms with Crippen molar-refractivity contribution in [3.8, 4) is 0 Å². The predicted molar refractivity (Wildman–Crippen MR) is 101 cm³/mol. The first-order chi connectivity index (χ1) is 12.3. The van der Waals surface area contributed by atoms with E-state index in [0.29, 0.717) is 5.56 Å². The fraction of sp³-hybridized carbons (Fsp3) is 0.350. The minimum Gasteiger partial charge on any atom is -0.480 e. The molecule has 3 N–H and O–H groups in total. The normalized spacial score (nSPS) is 13.4. The number of hydrogen-bond donors (Lipinski definition) is 2. The van der Waals surface area contributed by atoms with Crippen molar-refractivity contribution in [3.63, 3.8) is 0 Å². The first kappa shape index (κ1) is 20.4. The summed E-state index contributed by atoms with van der Waals surface area (Å²) in [6.45, 7) is 4.14. The second-order valence-electron chi connectivity index (χ2n) is 6.10. The van der Waals surface area contributed by atoms with Crippen LogP contribution in [0, 0.1) is 11.6 Å². The van der Waals surface area contributed by atoms with Gasteiger partial charge in [0.1, 0.15) is 17.7 Å². The van der Waals surface area contributed by atoms with Gasteiger partial charge in [0.15, 0.2) is 0 Å². The summed E-state index contributed by atoms with van der Waals surface area (Å²) >= 11 is 1.28. The molecule has 2 rings (SSSR count). The van der Waals surface area contributed by atoms with Crippen molar-refractivity contribution in [2.24, 2.45) is 5.73 Å². The summed E-state index contributed by atoms with van der Waals surface area (Å²) in [6.07, 6.45) is 1.75. The van der Waals surface area contributed by atoms with Crippen LogP contribution < -0.4 is 5.73 Å². The third kappa shape index (κ3) is 5.05. The molecular formula is C20H23F2NO2S. The number of hydrogen-bond acceptors (Lipinski definition) is 3. The van der Waals surface area contributed by atoms with E-state index in [1.807, 2.05) is 18.2 Å². The Balaban J connectivity index is 2.44. The van der Waals surface area contributed by atoms with E-state index < -0.39 is 28.9 Å². The van der Waals surface area contributed by atoms with E-state index in [2.05, 4.69) is 13.8 Å². The van der Waals surface area contributed by atoms with E-state index in [1.165, 1.54) is 35.0 Å². The van der Waals surface area contributed by atoms with Crippen LogP contribution in [-0.2, 0) is 17.6 Å². The van der Waals surface area contributed by atoms with Crippen LogP contribution in [0.5, 0.6) is 0 Å². The van der Waals surface area contributed by atoms with Crippen molar-refractivity contribution >= 4 is 17.7 Å². The van der Waals surface area contributed by atoms with Crippen LogP contribution in [-0.4, -0.2) is 22.9 Å². The molecule has 2 atom stereocenters. The third-order valence-electron chi connectivity index (χ3n) is 4.24. The Hall–Kier alpha value is -1.92. The molecule has 0 heterocycles. The number of nitrogens with two attached hydrogens (primary N) is 1. The molecule has 0 aliphatic carbocycles. The maximum Gasteiger partial charge on any atom is 0.321 e. The molecule has 0 saturated heterocycles. The van der Waals surface area contributed by atoms with Crippen LogP contribution in [0.1, 0.15) is 41.4 Å². The van der Waals surface area contributed by atoms with Crippen LogP contribution >= 0.6 is 11.8 Å². The van der Waals surface area contributed by atoms with Gasteiger partial charge in [-0.1, -0.05) is 32.0 Å². The van der Waals surface area contributed by atoms with E-state index in [1.54, 1.807) is 0 Å². The first-order valence-corrected chi connectivity index (χ1v) is 9.58. The van der Waals surface area contributed by atoms with Gasteiger partial charge in [-0.2, -0.15) is 0 Å². The van der Waals surface area contributed by atoms with Crippen molar-refractivity contribution in [1.29, 1.82) is 0 Å². The lowest BCUT2D eigenvalue weighted by Gasteiger charge is -2.21. The molecule has 6 heteroatoms. The zero-order valence-corrected chi connectivity index (χ0v) is 15.7. The van der Waals surface area contributed by atoms with E-state index in [0.717, 1.165) is 24.5 Å². The maximum absolute atomic E-state index is 13.7. The Kier molecular flexibility index (Phi) is 7.17. The average molecular weight is 379 g/mol. The molecule has 0 aromatic heterocycles. The van der Waals surface area contributed by atoms with Crippen molar-refractivity contribution in [2.75, 3.05) is 5.75 Å². The van der Waals surface area contributed by atoms with E-state index in [9.17, 15) is 13.6 Å². The van der Waals surface area contributed by atoms with Crippen LogP contribution in [0.4, 0.5) is 8.78 Å². The number of carbonyl (C=O) groups is 1. The van der Waals surface area contributed by atoms with Crippen molar-refractivity contribution in [2.45, 2.75) is 38.0 Å². The lowest BCUT2D eigenvalue weighted by Crippen LogP contribution is -2.32. The fourth-order valence-corrected chi connectivity index (χ4v) is 4.08. The van der Waals surface area contributed by atoms with Crippen LogP contribution in [0.3, 0.4) is 0 Å². The summed E-state index contributed by atoms with van der Waals surface area (Å²) in [5.41, 5.74) is 9.36. The van der Waals surface area contributed by atoms with E-state index >= 15 is 0 Å². The molecule has 2 unspecified atom stereocenters. The Morgan fingerprint density at radius 2 is 1.65 bits per heavy atom. The number of aryl methyl sites for hydroxylation is 2. The molecule has 0 aliphatic rings. The van der Waals surface area contributed by atoms with Crippen molar-refractivity contribution in [3.05, 3.63) is 70.3 Å². The molecule has 0 amide bonds. The molecular weight excluding hydrogens is 356 g/mol. The molecule has 3 nitrogen and oxygen atoms in total. The van der Waals surface area contributed by atoms with E-state index in [-0.39, 0.29) is 5.75 Å². The van der Waals surface area contributed by atoms with Gasteiger partial charge >= 0.3 is 5.97 Å². The van der Waals surface area contributed by atoms with Gasteiger partial charge in [-0.3, -0.25) is 4.79 Å². The summed E-state index contributed by atoms with van der Waals surface area (Å²) in [4.78, 5) is 11.0. The molecule has 2 aromatic carbocycles. The third-order valence-corrected chi connectivity index (χ3v) is 5.67. The molecule has 140 valence electrons. The first-order valence-electron chi connectivity index (χ1n) is 8.53. The Morgan fingerprint density at radius 3 is 2.19 bits per heavy atom. The highest BCUT2D eigenvalue weighted by Gasteiger charge is 2.21. The summed E-state index contributed by atoms with van der Waals surface area (Å²) in [6, 6.07) is 8.34. The number of aliphatic carboxylic acids is 1. The van der Waals surface area contributed by atoms with Crippen molar-refractivity contribution in [1.82, 2.24) is 0 Å². The standard InChI is InChI=1S/C20H23F2NO2S/c1-3-12-5-6-14(7-13(12)4-2)19(26-11-18(23)20(24)25)15-8-16(21)10-17(22)9-15/h5-10,18-19H,3-4,11,23H2,1-2H3,(H,24,25). The minimum atomic E-state index is -1.10. The number of thioether (sulfide) groups is 1. The Labute approximate surface area is 156 Å². The summed E-state index contributed by atoms with van der Waals surface area (Å²) in [5.74, 6) is -2.28. The number of carboxylic acids is 1. The lowest BCUT2D eigenvalue weighted by atomic mass is 9.96. The fourth-order valence-electron chi connectivity index (χ4n) is 2.87. The lowest BCUT2D eigenvalue weighted by molar-refractivity contribution is -0.137. The van der Waals surface area contributed by atoms with E-state index in [4.69, 9.17) is 10.8 Å². The smallest absolute Gasteiger partial charge is 0.321 e. The van der Waals surface area contributed by atoms with Gasteiger partial charge in [-0.05, 0) is 47.2 Å². The van der Waals surface area contributed by atoms with Crippen LogP contribution in [0.25, 0.3) is 0 Å². The maximum atomic E-state index is 13.7. The summed E-state index contributed by atoms with van der Waals surface area (Å²) < 4.78 is 27.5. The highest BCUT2D eigenvalue weighted by Crippen LogP contribution is 2.37. The number of carboxylic acid groups (broad SMARTS) is 1. The van der Waals surface area contributed by atoms with Crippen LogP contribution in [0.2, 0.25) is 0 Å². The highest BCUT2D eigenvalue weighted by molar-refractivity contribution is 7.99. The largest absolute Gasteiger partial charge is 0.480 e. The topological polar surface area (TPSA) is 63.3 Å². The second-order valence-corrected chi connectivity index (χ2v) is 7.23. The molecule has 26 heavy (non-hydrogen) atoms. The molecule has 0 radical (unpaired) electrons. The van der Waals surface area contributed by atoms with Gasteiger partial charge in [-0.15, -0.1) is 11.8 Å². The highest BCUT2D eigenvalue weighted by atomic mass is 32.2.